The molecule has 0 saturated carbocycles. The molecule has 0 bridgehead atoms. The molecule has 4 nitrogen and oxygen atoms in total. The van der Waals surface area contributed by atoms with Gasteiger partial charge < -0.3 is 4.74 Å². The van der Waals surface area contributed by atoms with Crippen LogP contribution in [0.25, 0.3) is 5.57 Å². The third-order valence-electron chi connectivity index (χ3n) is 6.65. The lowest BCUT2D eigenvalue weighted by atomic mass is 9.99. The van der Waals surface area contributed by atoms with Crippen LogP contribution >= 0.6 is 0 Å². The number of ether oxygens (including phenoxy) is 1. The molecule has 0 aromatic heterocycles. The first-order chi connectivity index (χ1) is 14.3. The number of rotatable bonds is 4. The SMILES string of the molecule is Fc1ccc(O[C@H]2c3ccccc3C[C@@H]2N2CCCC2)c(C2=CC=NC3NC23)c1. The molecule has 0 spiro atoms. The number of benzene rings is 2. The third kappa shape index (κ3) is 3.00. The van der Waals surface area contributed by atoms with Crippen LogP contribution in [0.1, 0.15) is 35.6 Å². The van der Waals surface area contributed by atoms with E-state index in [1.807, 2.05) is 12.3 Å². The second-order valence-corrected chi connectivity index (χ2v) is 8.40. The molecule has 4 atom stereocenters. The minimum absolute atomic E-state index is 0.0330. The molecular weight excluding hydrogens is 365 g/mol. The van der Waals surface area contributed by atoms with E-state index >= 15 is 0 Å². The molecule has 4 aliphatic rings. The Kier molecular flexibility index (Phi) is 4.06. The minimum Gasteiger partial charge on any atom is -0.483 e. The molecule has 3 aliphatic heterocycles. The summed E-state index contributed by atoms with van der Waals surface area (Å²) < 4.78 is 20.9. The van der Waals surface area contributed by atoms with Gasteiger partial charge in [0.1, 0.15) is 23.8 Å². The van der Waals surface area contributed by atoms with Crippen LogP contribution in [-0.2, 0) is 6.42 Å². The van der Waals surface area contributed by atoms with Gasteiger partial charge in [-0.15, -0.1) is 0 Å². The van der Waals surface area contributed by atoms with Crippen LogP contribution < -0.4 is 10.1 Å². The highest BCUT2D eigenvalue weighted by Crippen LogP contribution is 2.42. The summed E-state index contributed by atoms with van der Waals surface area (Å²) in [7, 11) is 0. The predicted octanol–water partition coefficient (Wildman–Crippen LogP) is 3.73. The van der Waals surface area contributed by atoms with Crippen molar-refractivity contribution >= 4 is 11.8 Å². The van der Waals surface area contributed by atoms with Gasteiger partial charge in [-0.25, -0.2) is 4.39 Å². The van der Waals surface area contributed by atoms with Gasteiger partial charge in [0, 0.05) is 11.8 Å². The van der Waals surface area contributed by atoms with Crippen molar-refractivity contribution in [2.75, 3.05) is 13.1 Å². The first-order valence-electron chi connectivity index (χ1n) is 10.6. The second-order valence-electron chi connectivity index (χ2n) is 8.40. The van der Waals surface area contributed by atoms with Gasteiger partial charge in [0.15, 0.2) is 0 Å². The van der Waals surface area contributed by atoms with Crippen molar-refractivity contribution in [3.63, 3.8) is 0 Å². The van der Waals surface area contributed by atoms with Crippen molar-refractivity contribution in [1.82, 2.24) is 10.2 Å². The maximum atomic E-state index is 14.2. The maximum absolute atomic E-state index is 14.2. The van der Waals surface area contributed by atoms with E-state index in [4.69, 9.17) is 4.74 Å². The molecule has 1 N–H and O–H groups in total. The molecule has 5 heteroatoms. The van der Waals surface area contributed by atoms with E-state index < -0.39 is 0 Å². The van der Waals surface area contributed by atoms with Crippen LogP contribution in [0, 0.1) is 5.82 Å². The topological polar surface area (TPSA) is 46.8 Å². The zero-order chi connectivity index (χ0) is 19.4. The van der Waals surface area contributed by atoms with E-state index in [9.17, 15) is 4.39 Å². The van der Waals surface area contributed by atoms with Crippen molar-refractivity contribution in [1.29, 1.82) is 0 Å². The summed E-state index contributed by atoms with van der Waals surface area (Å²) in [6.45, 7) is 2.26. The zero-order valence-electron chi connectivity index (χ0n) is 16.2. The van der Waals surface area contributed by atoms with Crippen LogP contribution in [-0.4, -0.2) is 42.5 Å². The van der Waals surface area contributed by atoms with Crippen LogP contribution in [0.3, 0.4) is 0 Å². The number of aliphatic imine (C=N–C) groups is 1. The average molecular weight is 389 g/mol. The summed E-state index contributed by atoms with van der Waals surface area (Å²) in [5.74, 6) is 0.516. The molecule has 29 heavy (non-hydrogen) atoms. The number of nitrogens with one attached hydrogen (secondary N) is 1. The molecule has 3 heterocycles. The Bertz CT molecular complexity index is 1010. The molecule has 2 fully saturated rings. The molecule has 6 rings (SSSR count). The fraction of sp³-hybridized carbons (Fsp3) is 0.375. The molecule has 2 aromatic rings. The number of hydrogen-bond donors (Lipinski definition) is 1. The van der Waals surface area contributed by atoms with Crippen LogP contribution in [0.2, 0.25) is 0 Å². The first kappa shape index (κ1) is 17.4. The molecule has 0 amide bonds. The molecule has 2 aromatic carbocycles. The summed E-state index contributed by atoms with van der Waals surface area (Å²) in [5.41, 5.74) is 4.52. The highest BCUT2D eigenvalue weighted by atomic mass is 19.1. The number of nitrogens with zero attached hydrogens (tertiary/aromatic N) is 2. The quantitative estimate of drug-likeness (QED) is 0.811. The van der Waals surface area contributed by atoms with Gasteiger partial charge in [-0.1, -0.05) is 24.3 Å². The lowest BCUT2D eigenvalue weighted by Gasteiger charge is -2.30. The first-order valence-corrected chi connectivity index (χ1v) is 10.6. The average Bonchev–Trinajstić information content (AvgIpc) is 3.18. The van der Waals surface area contributed by atoms with Crippen LogP contribution in [0.4, 0.5) is 4.39 Å². The van der Waals surface area contributed by atoms with Crippen molar-refractivity contribution < 1.29 is 9.13 Å². The fourth-order valence-corrected chi connectivity index (χ4v) is 5.13. The number of fused-ring (bicyclic) bond motifs is 2. The maximum Gasteiger partial charge on any atom is 0.140 e. The lowest BCUT2D eigenvalue weighted by molar-refractivity contribution is 0.0938. The van der Waals surface area contributed by atoms with E-state index in [1.165, 1.54) is 30.0 Å². The molecule has 1 aliphatic carbocycles. The Balaban J connectivity index is 1.38. The van der Waals surface area contributed by atoms with Gasteiger partial charge in [-0.3, -0.25) is 15.2 Å². The highest BCUT2D eigenvalue weighted by Gasteiger charge is 2.43. The second kappa shape index (κ2) is 6.78. The number of allylic oxidation sites excluding steroid dienone is 1. The number of likely N-dealkylation sites (tertiary alicyclic amines) is 1. The fourth-order valence-electron chi connectivity index (χ4n) is 5.13. The minimum atomic E-state index is -0.240. The van der Waals surface area contributed by atoms with Gasteiger partial charge in [-0.2, -0.15) is 0 Å². The summed E-state index contributed by atoms with van der Waals surface area (Å²) >= 11 is 0. The normalized spacial score (nSPS) is 30.0. The van der Waals surface area contributed by atoms with E-state index in [0.29, 0.717) is 6.04 Å². The van der Waals surface area contributed by atoms with Gasteiger partial charge >= 0.3 is 0 Å². The third-order valence-corrected chi connectivity index (χ3v) is 6.65. The Morgan fingerprint density at radius 2 is 1.97 bits per heavy atom. The Morgan fingerprint density at radius 3 is 2.86 bits per heavy atom. The summed E-state index contributed by atoms with van der Waals surface area (Å²) in [6, 6.07) is 14.0. The highest BCUT2D eigenvalue weighted by molar-refractivity contribution is 5.92. The number of hydrogen-bond acceptors (Lipinski definition) is 4. The van der Waals surface area contributed by atoms with E-state index in [1.54, 1.807) is 12.1 Å². The monoisotopic (exact) mass is 389 g/mol. The largest absolute Gasteiger partial charge is 0.483 e. The Hall–Kier alpha value is -2.50. The molecule has 2 saturated heterocycles. The van der Waals surface area contributed by atoms with Crippen molar-refractivity contribution in [2.45, 2.75) is 43.6 Å². The zero-order valence-corrected chi connectivity index (χ0v) is 16.2. The Labute approximate surface area is 170 Å². The van der Waals surface area contributed by atoms with Crippen LogP contribution in [0.15, 0.2) is 53.5 Å². The van der Waals surface area contributed by atoms with Crippen molar-refractivity contribution in [3.8, 4) is 5.75 Å². The van der Waals surface area contributed by atoms with Gasteiger partial charge in [0.05, 0.1) is 12.1 Å². The number of dihydropyridines is 1. The van der Waals surface area contributed by atoms with E-state index in [-0.39, 0.29) is 24.1 Å². The van der Waals surface area contributed by atoms with Gasteiger partial charge in [0.25, 0.3) is 0 Å². The summed E-state index contributed by atoms with van der Waals surface area (Å²) in [6.07, 6.45) is 7.39. The van der Waals surface area contributed by atoms with Crippen LogP contribution in [0.5, 0.6) is 5.75 Å². The number of halogens is 1. The van der Waals surface area contributed by atoms with E-state index in [2.05, 4.69) is 39.5 Å². The molecule has 2 unspecified atom stereocenters. The predicted molar refractivity (Wildman–Crippen MR) is 112 cm³/mol. The van der Waals surface area contributed by atoms with Crippen molar-refractivity contribution in [2.24, 2.45) is 4.99 Å². The summed E-state index contributed by atoms with van der Waals surface area (Å²) in [4.78, 5) is 6.94. The summed E-state index contributed by atoms with van der Waals surface area (Å²) in [5, 5.41) is 3.34. The Morgan fingerprint density at radius 1 is 1.10 bits per heavy atom. The molecule has 148 valence electrons. The van der Waals surface area contributed by atoms with E-state index in [0.717, 1.165) is 36.4 Å². The van der Waals surface area contributed by atoms with Crippen molar-refractivity contribution in [3.05, 3.63) is 71.0 Å². The standard InChI is InChI=1S/C24H24FN3O/c25-16-7-8-21(19(14-16)18-9-10-26-24-22(18)27-24)29-23-17-6-2-1-5-15(17)13-20(23)28-11-3-4-12-28/h1-2,5-10,14,20,22-24,27H,3-4,11-13H2/t20-,22?,23-,24?/m0/s1. The lowest BCUT2D eigenvalue weighted by Crippen LogP contribution is -2.38. The van der Waals surface area contributed by atoms with Gasteiger partial charge in [0.2, 0.25) is 0 Å². The molecule has 0 radical (unpaired) electrons. The van der Waals surface area contributed by atoms with Gasteiger partial charge in [-0.05, 0) is 73.3 Å². The smallest absolute Gasteiger partial charge is 0.140 e. The molecular formula is C24H24FN3O.